The fourth-order valence-electron chi connectivity index (χ4n) is 0.868. The van der Waals surface area contributed by atoms with Crippen LogP contribution in [0, 0.1) is 0 Å². The Balaban J connectivity index is 2.35. The van der Waals surface area contributed by atoms with E-state index in [-0.39, 0.29) is 6.61 Å². The first-order chi connectivity index (χ1) is 5.90. The van der Waals surface area contributed by atoms with E-state index in [0.29, 0.717) is 11.6 Å². The van der Waals surface area contributed by atoms with Crippen LogP contribution < -0.4 is 0 Å². The summed E-state index contributed by atoms with van der Waals surface area (Å²) in [6.07, 6.45) is 3.30. The van der Waals surface area contributed by atoms with Gasteiger partial charge in [0.05, 0.1) is 11.8 Å². The second-order valence-corrected chi connectivity index (χ2v) is 2.25. The highest BCUT2D eigenvalue weighted by Crippen LogP contribution is 2.10. The Labute approximate surface area is 67.7 Å². The lowest BCUT2D eigenvalue weighted by molar-refractivity contribution is 0.272. The Bertz CT molecular complexity index is 352. The van der Waals surface area contributed by atoms with Gasteiger partial charge in [0, 0.05) is 6.20 Å². The van der Waals surface area contributed by atoms with Crippen molar-refractivity contribution in [3.8, 4) is 11.4 Å². The summed E-state index contributed by atoms with van der Waals surface area (Å²) in [6, 6.07) is 0. The predicted octanol–water partition coefficient (Wildman–Crippen LogP) is -0.313. The molecule has 0 aromatic carbocycles. The summed E-state index contributed by atoms with van der Waals surface area (Å²) in [6.45, 7) is -0.134. The zero-order valence-corrected chi connectivity index (χ0v) is 6.15. The number of rotatable bonds is 2. The van der Waals surface area contributed by atoms with Gasteiger partial charge in [0.1, 0.15) is 6.61 Å². The summed E-state index contributed by atoms with van der Waals surface area (Å²) in [4.78, 5) is 3.99. The molecule has 0 fully saturated rings. The van der Waals surface area contributed by atoms with Crippen molar-refractivity contribution >= 4 is 0 Å². The first kappa shape index (κ1) is 6.99. The first-order valence-corrected chi connectivity index (χ1v) is 3.41. The number of aliphatic hydroxyl groups is 1. The van der Waals surface area contributed by atoms with Gasteiger partial charge in [-0.3, -0.25) is 10.2 Å². The molecule has 0 aliphatic heterocycles. The van der Waals surface area contributed by atoms with Gasteiger partial charge >= 0.3 is 0 Å². The van der Waals surface area contributed by atoms with Crippen molar-refractivity contribution in [2.45, 2.75) is 6.61 Å². The second-order valence-electron chi connectivity index (χ2n) is 2.25. The van der Waals surface area contributed by atoms with Crippen molar-refractivity contribution in [3.63, 3.8) is 0 Å². The van der Waals surface area contributed by atoms with E-state index in [1.165, 1.54) is 0 Å². The molecule has 0 radical (unpaired) electrons. The molecule has 0 atom stereocenters. The minimum atomic E-state index is -0.134. The maximum atomic E-state index is 8.69. The molecule has 62 valence electrons. The highest BCUT2D eigenvalue weighted by molar-refractivity contribution is 5.50. The highest BCUT2D eigenvalue weighted by Gasteiger charge is 2.04. The molecule has 0 saturated carbocycles. The molecule has 2 rings (SSSR count). The summed E-state index contributed by atoms with van der Waals surface area (Å²) in [5.41, 5.74) is 0.797. The van der Waals surface area contributed by atoms with Crippen LogP contribution in [0.5, 0.6) is 0 Å². The molecule has 0 bridgehead atoms. The van der Waals surface area contributed by atoms with Gasteiger partial charge in [-0.25, -0.2) is 4.98 Å². The van der Waals surface area contributed by atoms with Crippen LogP contribution in [-0.2, 0) is 6.61 Å². The maximum absolute atomic E-state index is 8.69. The van der Waals surface area contributed by atoms with Gasteiger partial charge in [-0.1, -0.05) is 0 Å². The van der Waals surface area contributed by atoms with Crippen molar-refractivity contribution in [3.05, 3.63) is 18.2 Å². The summed E-state index contributed by atoms with van der Waals surface area (Å²) < 4.78 is 0. The van der Waals surface area contributed by atoms with Gasteiger partial charge in [-0.15, -0.1) is 0 Å². The third-order valence-electron chi connectivity index (χ3n) is 1.44. The van der Waals surface area contributed by atoms with E-state index in [4.69, 9.17) is 5.11 Å². The van der Waals surface area contributed by atoms with Gasteiger partial charge in [0.25, 0.3) is 0 Å². The van der Waals surface area contributed by atoms with Crippen LogP contribution in [0.25, 0.3) is 11.4 Å². The van der Waals surface area contributed by atoms with Crippen LogP contribution in [0.2, 0.25) is 0 Å². The molecule has 3 N–H and O–H groups in total. The van der Waals surface area contributed by atoms with Crippen molar-refractivity contribution in [2.24, 2.45) is 0 Å². The number of hydrogen-bond donors (Lipinski definition) is 3. The molecule has 2 aromatic rings. The number of hydrogen-bond acceptors (Lipinski definition) is 4. The topological polar surface area (TPSA) is 90.5 Å². The fourth-order valence-corrected chi connectivity index (χ4v) is 0.868. The number of aromatic nitrogens is 5. The summed E-state index contributed by atoms with van der Waals surface area (Å²) >= 11 is 0. The van der Waals surface area contributed by atoms with Gasteiger partial charge in [0.15, 0.2) is 11.6 Å². The van der Waals surface area contributed by atoms with E-state index >= 15 is 0 Å². The first-order valence-electron chi connectivity index (χ1n) is 3.41. The Morgan fingerprint density at radius 2 is 2.42 bits per heavy atom. The van der Waals surface area contributed by atoms with E-state index < -0.39 is 0 Å². The number of H-pyrrole nitrogens is 2. The number of aliphatic hydroxyl groups excluding tert-OH is 1. The largest absolute Gasteiger partial charge is 0.388 e. The predicted molar refractivity (Wildman–Crippen MR) is 39.9 cm³/mol. The number of nitrogens with one attached hydrogen (secondary N) is 2. The quantitative estimate of drug-likeness (QED) is 0.569. The molecule has 0 spiro atoms. The summed E-state index contributed by atoms with van der Waals surface area (Å²) in [7, 11) is 0. The second kappa shape index (κ2) is 2.74. The van der Waals surface area contributed by atoms with E-state index in [9.17, 15) is 0 Å². The third kappa shape index (κ3) is 1.08. The Morgan fingerprint density at radius 1 is 1.50 bits per heavy atom. The van der Waals surface area contributed by atoms with E-state index in [1.807, 2.05) is 0 Å². The third-order valence-corrected chi connectivity index (χ3v) is 1.44. The van der Waals surface area contributed by atoms with Gasteiger partial charge < -0.3 is 5.11 Å². The maximum Gasteiger partial charge on any atom is 0.184 e. The zero-order chi connectivity index (χ0) is 8.39. The zero-order valence-electron chi connectivity index (χ0n) is 6.15. The van der Waals surface area contributed by atoms with Crippen LogP contribution in [0.15, 0.2) is 12.4 Å². The Kier molecular flexibility index (Phi) is 1.60. The summed E-state index contributed by atoms with van der Waals surface area (Å²) in [5, 5.41) is 21.6. The number of nitrogens with zero attached hydrogens (tertiary/aromatic N) is 3. The summed E-state index contributed by atoms with van der Waals surface area (Å²) in [5.74, 6) is 0.985. The Morgan fingerprint density at radius 3 is 3.00 bits per heavy atom. The molecule has 0 unspecified atom stereocenters. The SMILES string of the molecule is OCc1nc(-c2cn[nH]c2)n[nH]1. The molecule has 0 aliphatic rings. The molecule has 0 saturated heterocycles. The van der Waals surface area contributed by atoms with E-state index in [0.717, 1.165) is 5.56 Å². The van der Waals surface area contributed by atoms with Crippen molar-refractivity contribution in [1.82, 2.24) is 25.4 Å². The van der Waals surface area contributed by atoms with E-state index in [1.54, 1.807) is 12.4 Å². The standard InChI is InChI=1S/C6H7N5O/c12-3-5-9-6(11-10-5)4-1-7-8-2-4/h1-2,12H,3H2,(H,7,8)(H,9,10,11). The minimum absolute atomic E-state index is 0.134. The lowest BCUT2D eigenvalue weighted by Gasteiger charge is -1.82. The lowest BCUT2D eigenvalue weighted by Crippen LogP contribution is -1.84. The molecule has 6 nitrogen and oxygen atoms in total. The molecule has 6 heteroatoms. The number of aromatic amines is 2. The van der Waals surface area contributed by atoms with Crippen LogP contribution in [0.4, 0.5) is 0 Å². The van der Waals surface area contributed by atoms with E-state index in [2.05, 4.69) is 25.4 Å². The molecule has 2 heterocycles. The normalized spacial score (nSPS) is 10.4. The van der Waals surface area contributed by atoms with Crippen molar-refractivity contribution < 1.29 is 5.11 Å². The molecule has 0 aliphatic carbocycles. The average molecular weight is 165 g/mol. The van der Waals surface area contributed by atoms with Crippen molar-refractivity contribution in [2.75, 3.05) is 0 Å². The van der Waals surface area contributed by atoms with Crippen LogP contribution >= 0.6 is 0 Å². The van der Waals surface area contributed by atoms with Crippen molar-refractivity contribution in [1.29, 1.82) is 0 Å². The van der Waals surface area contributed by atoms with Crippen LogP contribution in [0.1, 0.15) is 5.82 Å². The van der Waals surface area contributed by atoms with Crippen LogP contribution in [-0.4, -0.2) is 30.5 Å². The molecular formula is C6H7N5O. The monoisotopic (exact) mass is 165 g/mol. The molecule has 2 aromatic heterocycles. The molecule has 0 amide bonds. The smallest absolute Gasteiger partial charge is 0.184 e. The molecule has 12 heavy (non-hydrogen) atoms. The lowest BCUT2D eigenvalue weighted by atomic mass is 10.3. The highest BCUT2D eigenvalue weighted by atomic mass is 16.3. The average Bonchev–Trinajstić information content (AvgIpc) is 2.75. The Hall–Kier alpha value is -1.69. The minimum Gasteiger partial charge on any atom is -0.388 e. The molecular weight excluding hydrogens is 158 g/mol. The van der Waals surface area contributed by atoms with Crippen LogP contribution in [0.3, 0.4) is 0 Å². The van der Waals surface area contributed by atoms with Gasteiger partial charge in [0.2, 0.25) is 0 Å². The fraction of sp³-hybridized carbons (Fsp3) is 0.167. The van der Waals surface area contributed by atoms with Gasteiger partial charge in [-0.05, 0) is 0 Å². The van der Waals surface area contributed by atoms with Gasteiger partial charge in [-0.2, -0.15) is 10.2 Å².